The van der Waals surface area contributed by atoms with Crippen LogP contribution in [0.25, 0.3) is 0 Å². The average molecular weight is 269 g/mol. The van der Waals surface area contributed by atoms with E-state index < -0.39 is 0 Å². The number of hydrogen-bond donors (Lipinski definition) is 0. The fourth-order valence-corrected chi connectivity index (χ4v) is 2.17. The number of hydrogen-bond acceptors (Lipinski definition) is 2. The first-order valence-electron chi connectivity index (χ1n) is 4.16. The monoisotopic (exact) mass is 269 g/mol. The van der Waals surface area contributed by atoms with Crippen LogP contribution in [-0.2, 0) is 3.07 Å². The molecule has 1 saturated heterocycles. The van der Waals surface area contributed by atoms with Crippen LogP contribution in [0.1, 0.15) is 20.8 Å². The van der Waals surface area contributed by atoms with Crippen LogP contribution in [0.5, 0.6) is 0 Å². The molecule has 0 aliphatic carbocycles. The Morgan fingerprint density at radius 2 is 2.09 bits per heavy atom. The van der Waals surface area contributed by atoms with Crippen LogP contribution < -0.4 is 0 Å². The van der Waals surface area contributed by atoms with Crippen LogP contribution in [-0.4, -0.2) is 30.1 Å². The van der Waals surface area contributed by atoms with Crippen LogP contribution >= 0.6 is 23.0 Å². The summed E-state index contributed by atoms with van der Waals surface area (Å²) in [6.45, 7) is 9.02. The summed E-state index contributed by atoms with van der Waals surface area (Å²) in [5.41, 5.74) is 0. The van der Waals surface area contributed by atoms with E-state index in [9.17, 15) is 0 Å². The minimum absolute atomic E-state index is 0.443. The fraction of sp³-hybridized carbons (Fsp3) is 1.00. The van der Waals surface area contributed by atoms with E-state index in [1.807, 2.05) is 23.0 Å². The van der Waals surface area contributed by atoms with Crippen molar-refractivity contribution in [2.45, 2.75) is 32.9 Å². The molecule has 1 fully saturated rings. The van der Waals surface area contributed by atoms with Gasteiger partial charge in [-0.1, -0.05) is 6.92 Å². The number of rotatable bonds is 2. The Hall–Kier alpha value is 0.650. The van der Waals surface area contributed by atoms with Crippen molar-refractivity contribution in [3.8, 4) is 0 Å². The topological polar surface area (TPSA) is 12.5 Å². The van der Waals surface area contributed by atoms with Crippen LogP contribution in [0.3, 0.4) is 0 Å². The second kappa shape index (κ2) is 4.05. The second-order valence-corrected chi connectivity index (χ2v) is 4.16. The maximum atomic E-state index is 5.33. The Morgan fingerprint density at radius 1 is 1.45 bits per heavy atom. The van der Waals surface area contributed by atoms with Crippen molar-refractivity contribution in [2.75, 3.05) is 13.1 Å². The molecule has 11 heavy (non-hydrogen) atoms. The fourth-order valence-electron chi connectivity index (χ4n) is 1.51. The zero-order valence-corrected chi connectivity index (χ0v) is 9.54. The summed E-state index contributed by atoms with van der Waals surface area (Å²) >= 11 is 2.01. The molecule has 0 amide bonds. The summed E-state index contributed by atoms with van der Waals surface area (Å²) in [7, 11) is 0. The largest absolute Gasteiger partial charge is 0.311 e. The summed E-state index contributed by atoms with van der Waals surface area (Å²) < 4.78 is 5.33. The van der Waals surface area contributed by atoms with Crippen molar-refractivity contribution in [1.29, 1.82) is 0 Å². The van der Waals surface area contributed by atoms with Gasteiger partial charge in [-0.25, -0.2) is 0 Å². The molecule has 2 nitrogen and oxygen atoms in total. The zero-order valence-electron chi connectivity index (χ0n) is 7.38. The maximum Gasteiger partial charge on any atom is 0.110 e. The van der Waals surface area contributed by atoms with E-state index in [1.165, 1.54) is 6.54 Å². The van der Waals surface area contributed by atoms with Gasteiger partial charge in [0.1, 0.15) is 23.0 Å². The average Bonchev–Trinajstić information content (AvgIpc) is 2.31. The third-order valence-corrected chi connectivity index (χ3v) is 3.07. The SMILES string of the molecule is CC(C)N1CC(OI)[C@H](C)C1. The van der Waals surface area contributed by atoms with Crippen LogP contribution in [0.4, 0.5) is 0 Å². The Bertz CT molecular complexity index is 129. The first-order chi connectivity index (χ1) is 5.15. The summed E-state index contributed by atoms with van der Waals surface area (Å²) in [5.74, 6) is 0.689. The molecule has 0 radical (unpaired) electrons. The lowest BCUT2D eigenvalue weighted by molar-refractivity contribution is 0.224. The lowest BCUT2D eigenvalue weighted by atomic mass is 10.1. The molecule has 0 spiro atoms. The molecule has 2 atom stereocenters. The van der Waals surface area contributed by atoms with Gasteiger partial charge < -0.3 is 3.07 Å². The van der Waals surface area contributed by atoms with Crippen molar-refractivity contribution >= 4 is 23.0 Å². The van der Waals surface area contributed by atoms with E-state index in [0.29, 0.717) is 18.1 Å². The van der Waals surface area contributed by atoms with Crippen molar-refractivity contribution < 1.29 is 3.07 Å². The molecular formula is C8H16INO. The van der Waals surface area contributed by atoms with Gasteiger partial charge in [-0.15, -0.1) is 0 Å². The van der Waals surface area contributed by atoms with Crippen molar-refractivity contribution in [3.05, 3.63) is 0 Å². The first-order valence-corrected chi connectivity index (χ1v) is 5.04. The third kappa shape index (κ3) is 2.29. The van der Waals surface area contributed by atoms with Gasteiger partial charge in [0, 0.05) is 19.1 Å². The molecule has 1 aliphatic rings. The highest BCUT2D eigenvalue weighted by molar-refractivity contribution is 14.1. The molecule has 1 unspecified atom stereocenters. The molecule has 1 rings (SSSR count). The van der Waals surface area contributed by atoms with Gasteiger partial charge in [0.2, 0.25) is 0 Å². The predicted octanol–water partition coefficient (Wildman–Crippen LogP) is 2.08. The van der Waals surface area contributed by atoms with E-state index in [-0.39, 0.29) is 0 Å². The van der Waals surface area contributed by atoms with Gasteiger partial charge in [0.25, 0.3) is 0 Å². The molecule has 66 valence electrons. The Kier molecular flexibility index (Phi) is 3.58. The van der Waals surface area contributed by atoms with E-state index in [0.717, 1.165) is 6.54 Å². The van der Waals surface area contributed by atoms with Gasteiger partial charge >= 0.3 is 0 Å². The lowest BCUT2D eigenvalue weighted by Gasteiger charge is -2.19. The minimum atomic E-state index is 0.443. The van der Waals surface area contributed by atoms with Gasteiger partial charge in [-0.2, -0.15) is 0 Å². The number of likely N-dealkylation sites (tertiary alicyclic amines) is 1. The smallest absolute Gasteiger partial charge is 0.110 e. The Labute approximate surface area is 83.0 Å². The number of nitrogens with zero attached hydrogens (tertiary/aromatic N) is 1. The molecular weight excluding hydrogens is 253 g/mol. The molecule has 0 saturated carbocycles. The summed E-state index contributed by atoms with van der Waals surface area (Å²) in [4.78, 5) is 2.47. The summed E-state index contributed by atoms with van der Waals surface area (Å²) in [6.07, 6.45) is 0.443. The summed E-state index contributed by atoms with van der Waals surface area (Å²) in [5, 5.41) is 0. The standard InChI is InChI=1S/C8H16INO/c1-6(2)10-4-7(3)8(5-10)11-9/h6-8H,4-5H2,1-3H3/t7-,8?/m1/s1. The molecule has 1 aliphatic heterocycles. The highest BCUT2D eigenvalue weighted by Gasteiger charge is 2.30. The highest BCUT2D eigenvalue weighted by Crippen LogP contribution is 2.22. The van der Waals surface area contributed by atoms with Crippen LogP contribution in [0, 0.1) is 5.92 Å². The van der Waals surface area contributed by atoms with E-state index in [4.69, 9.17) is 3.07 Å². The molecule has 0 aromatic heterocycles. The van der Waals surface area contributed by atoms with Gasteiger partial charge in [-0.05, 0) is 19.8 Å². The minimum Gasteiger partial charge on any atom is -0.311 e. The highest BCUT2D eigenvalue weighted by atomic mass is 127. The van der Waals surface area contributed by atoms with Gasteiger partial charge in [0.05, 0.1) is 6.10 Å². The van der Waals surface area contributed by atoms with Gasteiger partial charge in [0.15, 0.2) is 0 Å². The normalized spacial score (nSPS) is 33.5. The quantitative estimate of drug-likeness (QED) is 0.712. The molecule has 0 aromatic carbocycles. The van der Waals surface area contributed by atoms with E-state index >= 15 is 0 Å². The van der Waals surface area contributed by atoms with E-state index in [1.54, 1.807) is 0 Å². The molecule has 0 bridgehead atoms. The third-order valence-electron chi connectivity index (χ3n) is 2.42. The molecule has 0 aromatic rings. The Balaban J connectivity index is 2.43. The predicted molar refractivity (Wildman–Crippen MR) is 54.8 cm³/mol. The summed E-state index contributed by atoms with van der Waals surface area (Å²) in [6, 6.07) is 0.661. The second-order valence-electron chi connectivity index (χ2n) is 3.65. The molecule has 3 heteroatoms. The Morgan fingerprint density at radius 3 is 2.36 bits per heavy atom. The van der Waals surface area contributed by atoms with E-state index in [2.05, 4.69) is 25.7 Å². The lowest BCUT2D eigenvalue weighted by Crippen LogP contribution is -2.29. The molecule has 1 heterocycles. The number of halogens is 1. The van der Waals surface area contributed by atoms with Crippen LogP contribution in [0.2, 0.25) is 0 Å². The van der Waals surface area contributed by atoms with Crippen molar-refractivity contribution in [3.63, 3.8) is 0 Å². The maximum absolute atomic E-state index is 5.33. The van der Waals surface area contributed by atoms with Crippen LogP contribution in [0.15, 0.2) is 0 Å². The van der Waals surface area contributed by atoms with Crippen molar-refractivity contribution in [1.82, 2.24) is 4.90 Å². The van der Waals surface area contributed by atoms with Crippen molar-refractivity contribution in [2.24, 2.45) is 5.92 Å². The first kappa shape index (κ1) is 9.74. The van der Waals surface area contributed by atoms with Gasteiger partial charge in [-0.3, -0.25) is 4.90 Å². The molecule has 0 N–H and O–H groups in total. The zero-order chi connectivity index (χ0) is 8.43.